The number of hydrogen-bond acceptors (Lipinski definition) is 4. The van der Waals surface area contributed by atoms with Gasteiger partial charge in [0.15, 0.2) is 0 Å². The van der Waals surface area contributed by atoms with Gasteiger partial charge in [0.05, 0.1) is 23.5 Å². The fraction of sp³-hybridized carbons (Fsp3) is 0.235. The number of benzene rings is 2. The van der Waals surface area contributed by atoms with Crippen molar-refractivity contribution in [3.8, 4) is 0 Å². The zero-order chi connectivity index (χ0) is 18.4. The number of aryl methyl sites for hydroxylation is 1. The molecule has 0 fully saturated rings. The minimum absolute atomic E-state index is 0.0678. The fourth-order valence-electron chi connectivity index (χ4n) is 2.08. The van der Waals surface area contributed by atoms with Gasteiger partial charge in [0.1, 0.15) is 11.6 Å². The zero-order valence-electron chi connectivity index (χ0n) is 13.6. The van der Waals surface area contributed by atoms with Crippen LogP contribution in [0.4, 0.5) is 20.2 Å². The Morgan fingerprint density at radius 1 is 1.24 bits per heavy atom. The van der Waals surface area contributed by atoms with Crippen LogP contribution < -0.4 is 16.1 Å². The number of halogens is 2. The summed E-state index contributed by atoms with van der Waals surface area (Å²) >= 11 is 0. The summed E-state index contributed by atoms with van der Waals surface area (Å²) < 4.78 is 28.0. The molecule has 5 nitrogen and oxygen atoms in total. The van der Waals surface area contributed by atoms with Gasteiger partial charge in [-0.15, -0.1) is 9.24 Å². The number of carbonyl (C=O) groups is 1. The number of carbonyl (C=O) groups excluding carboxylic acids is 1. The van der Waals surface area contributed by atoms with Crippen molar-refractivity contribution in [3.05, 3.63) is 53.1 Å². The van der Waals surface area contributed by atoms with Gasteiger partial charge in [-0.1, -0.05) is 6.07 Å². The van der Waals surface area contributed by atoms with E-state index in [9.17, 15) is 13.6 Å². The summed E-state index contributed by atoms with van der Waals surface area (Å²) in [5, 5.41) is 11.6. The third-order valence-electron chi connectivity index (χ3n) is 3.39. The molecular formula is C17H19F2N2O3P. The van der Waals surface area contributed by atoms with Gasteiger partial charge in [-0.2, -0.15) is 0 Å². The molecule has 0 aromatic heterocycles. The van der Waals surface area contributed by atoms with E-state index >= 15 is 0 Å². The summed E-state index contributed by atoms with van der Waals surface area (Å²) in [6, 6.07) is 6.97. The van der Waals surface area contributed by atoms with E-state index in [0.717, 1.165) is 11.6 Å². The van der Waals surface area contributed by atoms with Gasteiger partial charge in [0.25, 0.3) is 5.91 Å². The van der Waals surface area contributed by atoms with Crippen LogP contribution in [0, 0.1) is 18.6 Å². The highest BCUT2D eigenvalue weighted by molar-refractivity contribution is 7.28. The molecular weight excluding hydrogens is 349 g/mol. The van der Waals surface area contributed by atoms with Gasteiger partial charge in [0, 0.05) is 11.9 Å². The Labute approximate surface area is 146 Å². The van der Waals surface area contributed by atoms with Crippen LogP contribution in [-0.2, 0) is 4.84 Å². The van der Waals surface area contributed by atoms with E-state index in [-0.39, 0.29) is 35.5 Å². The topological polar surface area (TPSA) is 70.6 Å². The maximum atomic E-state index is 14.1. The van der Waals surface area contributed by atoms with Gasteiger partial charge in [-0.3, -0.25) is 9.63 Å². The minimum Gasteiger partial charge on any atom is -0.396 e. The Morgan fingerprint density at radius 3 is 2.68 bits per heavy atom. The predicted molar refractivity (Wildman–Crippen MR) is 95.3 cm³/mol. The Morgan fingerprint density at radius 2 is 2.00 bits per heavy atom. The third-order valence-corrected chi connectivity index (χ3v) is 3.96. The van der Waals surface area contributed by atoms with E-state index in [1.165, 1.54) is 18.2 Å². The number of hydrogen-bond donors (Lipinski definition) is 3. The highest BCUT2D eigenvalue weighted by atomic mass is 31.0. The first-order valence-electron chi connectivity index (χ1n) is 7.58. The van der Waals surface area contributed by atoms with Crippen LogP contribution in [0.25, 0.3) is 0 Å². The van der Waals surface area contributed by atoms with Gasteiger partial charge < -0.3 is 10.4 Å². The smallest absolute Gasteiger partial charge is 0.276 e. The van der Waals surface area contributed by atoms with E-state index in [4.69, 9.17) is 9.94 Å². The molecule has 8 heteroatoms. The summed E-state index contributed by atoms with van der Waals surface area (Å²) in [6.45, 7) is 1.81. The number of hydroxylamine groups is 1. The average Bonchev–Trinajstić information content (AvgIpc) is 2.58. The quantitative estimate of drug-likeness (QED) is 0.399. The van der Waals surface area contributed by atoms with Crippen LogP contribution in [0.5, 0.6) is 0 Å². The maximum absolute atomic E-state index is 14.1. The number of rotatable bonds is 7. The number of nitrogens with one attached hydrogen (secondary N) is 2. The molecule has 0 aliphatic carbocycles. The van der Waals surface area contributed by atoms with Crippen molar-refractivity contribution in [2.24, 2.45) is 0 Å². The molecule has 0 radical (unpaired) electrons. The molecule has 134 valence electrons. The summed E-state index contributed by atoms with van der Waals surface area (Å²) in [5.74, 6) is -1.69. The van der Waals surface area contributed by atoms with Crippen molar-refractivity contribution in [3.63, 3.8) is 0 Å². The first kappa shape index (κ1) is 19.2. The van der Waals surface area contributed by atoms with Crippen LogP contribution in [0.2, 0.25) is 0 Å². The van der Waals surface area contributed by atoms with Crippen molar-refractivity contribution in [1.82, 2.24) is 5.48 Å². The SMILES string of the molecule is Cc1ccc(Nc2c(C(=O)NOCCCO)ccc(F)c2P)c(F)c1. The predicted octanol–water partition coefficient (Wildman–Crippen LogP) is 2.56. The second-order valence-electron chi connectivity index (χ2n) is 5.35. The maximum Gasteiger partial charge on any atom is 0.276 e. The molecule has 3 N–H and O–H groups in total. The summed E-state index contributed by atoms with van der Waals surface area (Å²) in [4.78, 5) is 17.2. The third kappa shape index (κ3) is 4.95. The Balaban J connectivity index is 2.29. The van der Waals surface area contributed by atoms with Crippen LogP contribution in [-0.4, -0.2) is 24.2 Å². The normalized spacial score (nSPS) is 10.6. The molecule has 0 saturated carbocycles. The van der Waals surface area contributed by atoms with Crippen molar-refractivity contribution >= 4 is 31.8 Å². The van der Waals surface area contributed by atoms with Crippen LogP contribution in [0.3, 0.4) is 0 Å². The molecule has 0 saturated heterocycles. The molecule has 1 atom stereocenters. The molecule has 0 spiro atoms. The lowest BCUT2D eigenvalue weighted by Crippen LogP contribution is -2.27. The fourth-order valence-corrected chi connectivity index (χ4v) is 2.41. The van der Waals surface area contributed by atoms with E-state index in [0.29, 0.717) is 6.42 Å². The second kappa shape index (κ2) is 8.85. The van der Waals surface area contributed by atoms with Crippen LogP contribution in [0.1, 0.15) is 22.3 Å². The van der Waals surface area contributed by atoms with Gasteiger partial charge >= 0.3 is 0 Å². The van der Waals surface area contributed by atoms with Crippen LogP contribution in [0.15, 0.2) is 30.3 Å². The second-order valence-corrected chi connectivity index (χ2v) is 5.93. The first-order valence-corrected chi connectivity index (χ1v) is 8.16. The first-order chi connectivity index (χ1) is 11.9. The van der Waals surface area contributed by atoms with Crippen molar-refractivity contribution < 1.29 is 23.5 Å². The van der Waals surface area contributed by atoms with E-state index < -0.39 is 17.5 Å². The molecule has 2 rings (SSSR count). The number of aliphatic hydroxyl groups is 1. The monoisotopic (exact) mass is 368 g/mol. The summed E-state index contributed by atoms with van der Waals surface area (Å²) in [6.07, 6.45) is 0.359. The van der Waals surface area contributed by atoms with Crippen molar-refractivity contribution in [2.45, 2.75) is 13.3 Å². The lowest BCUT2D eigenvalue weighted by atomic mass is 10.1. The Bertz CT molecular complexity index is 772. The van der Waals surface area contributed by atoms with Gasteiger partial charge in [-0.05, 0) is 43.2 Å². The average molecular weight is 368 g/mol. The molecule has 25 heavy (non-hydrogen) atoms. The van der Waals surface area contributed by atoms with E-state index in [1.807, 2.05) is 0 Å². The highest BCUT2D eigenvalue weighted by Crippen LogP contribution is 2.25. The number of amides is 1. The molecule has 0 bridgehead atoms. The molecule has 0 heterocycles. The van der Waals surface area contributed by atoms with Crippen molar-refractivity contribution in [2.75, 3.05) is 18.5 Å². The number of anilines is 2. The Kier molecular flexibility index (Phi) is 6.82. The van der Waals surface area contributed by atoms with Gasteiger partial charge in [0.2, 0.25) is 0 Å². The molecule has 0 aliphatic rings. The van der Waals surface area contributed by atoms with Crippen molar-refractivity contribution in [1.29, 1.82) is 0 Å². The van der Waals surface area contributed by atoms with Crippen LogP contribution >= 0.6 is 9.24 Å². The lowest BCUT2D eigenvalue weighted by Gasteiger charge is -2.16. The highest BCUT2D eigenvalue weighted by Gasteiger charge is 2.18. The summed E-state index contributed by atoms with van der Waals surface area (Å²) in [7, 11) is 2.20. The lowest BCUT2D eigenvalue weighted by molar-refractivity contribution is 0.0262. The molecule has 2 aromatic carbocycles. The molecule has 1 unspecified atom stereocenters. The van der Waals surface area contributed by atoms with E-state index in [2.05, 4.69) is 20.0 Å². The minimum atomic E-state index is -0.614. The summed E-state index contributed by atoms with van der Waals surface area (Å²) in [5.41, 5.74) is 3.29. The van der Waals surface area contributed by atoms with Gasteiger partial charge in [-0.25, -0.2) is 14.3 Å². The molecule has 1 amide bonds. The standard InChI is InChI=1S/C17H19F2N2O3P/c1-10-3-6-14(13(19)9-10)20-15-11(4-5-12(18)16(15)25)17(23)21-24-8-2-7-22/h3-6,9,20,22H,2,7-8,25H2,1H3,(H,21,23). The molecule has 2 aromatic rings. The Hall–Kier alpha value is -2.08. The molecule has 0 aliphatic heterocycles. The largest absolute Gasteiger partial charge is 0.396 e. The zero-order valence-corrected chi connectivity index (χ0v) is 14.8. The van der Waals surface area contributed by atoms with E-state index in [1.54, 1.807) is 13.0 Å². The number of aliphatic hydroxyl groups excluding tert-OH is 1.